The zero-order valence-electron chi connectivity index (χ0n) is 23.1. The summed E-state index contributed by atoms with van der Waals surface area (Å²) in [5.41, 5.74) is -7.92. The molecule has 12 atom stereocenters. The number of carbonyl (C=O) groups excluding carboxylic acids is 4. The van der Waals surface area contributed by atoms with Crippen molar-refractivity contribution in [2.24, 2.45) is 23.2 Å². The van der Waals surface area contributed by atoms with Gasteiger partial charge in [0, 0.05) is 35.2 Å². The van der Waals surface area contributed by atoms with Crippen LogP contribution >= 0.6 is 0 Å². The first-order valence-corrected chi connectivity index (χ1v) is 14.2. The molecule has 8 aliphatic rings. The van der Waals surface area contributed by atoms with Crippen LogP contribution in [0.15, 0.2) is 11.6 Å². The maximum Gasteiger partial charge on any atom is 0.341 e. The molecule has 40 heavy (non-hydrogen) atoms. The van der Waals surface area contributed by atoms with Crippen molar-refractivity contribution in [3.8, 4) is 0 Å². The minimum absolute atomic E-state index is 0.0940. The molecule has 216 valence electrons. The van der Waals surface area contributed by atoms with Crippen molar-refractivity contribution < 1.29 is 53.1 Å². The van der Waals surface area contributed by atoms with Crippen molar-refractivity contribution in [2.75, 3.05) is 0 Å². The Labute approximate surface area is 230 Å². The van der Waals surface area contributed by atoms with Crippen LogP contribution in [0, 0.1) is 23.2 Å². The number of hydrogen-bond acceptors (Lipinski definition) is 11. The Morgan fingerprint density at radius 2 is 1.68 bits per heavy atom. The Balaban J connectivity index is 1.34. The molecule has 11 nitrogen and oxygen atoms in total. The van der Waals surface area contributed by atoms with E-state index in [4.69, 9.17) is 23.7 Å². The predicted octanol–water partition coefficient (Wildman–Crippen LogP) is 0.662. The molecule has 0 aromatic carbocycles. The summed E-state index contributed by atoms with van der Waals surface area (Å²) in [7, 11) is 0. The molecular weight excluding hydrogens is 524 g/mol. The molecule has 0 amide bonds. The highest BCUT2D eigenvalue weighted by molar-refractivity contribution is 6.08. The van der Waals surface area contributed by atoms with E-state index in [-0.39, 0.29) is 37.6 Å². The zero-order valence-corrected chi connectivity index (χ0v) is 23.1. The third kappa shape index (κ3) is 2.46. The molecule has 6 saturated heterocycles. The number of ketones is 2. The monoisotopic (exact) mass is 558 g/mol. The lowest BCUT2D eigenvalue weighted by atomic mass is 9.62. The first-order valence-electron chi connectivity index (χ1n) is 14.2. The number of esters is 2. The van der Waals surface area contributed by atoms with Gasteiger partial charge >= 0.3 is 11.9 Å². The maximum absolute atomic E-state index is 14.7. The fraction of sp³-hybridized carbons (Fsp3) is 0.793. The highest BCUT2D eigenvalue weighted by atomic mass is 16.7. The molecule has 6 aliphatic heterocycles. The van der Waals surface area contributed by atoms with E-state index in [1.807, 2.05) is 19.9 Å². The lowest BCUT2D eigenvalue weighted by Crippen LogP contribution is -2.67. The minimum Gasteiger partial charge on any atom is -0.457 e. The molecule has 3 spiro atoms. The summed E-state index contributed by atoms with van der Waals surface area (Å²) in [6, 6.07) is 0. The number of aliphatic hydroxyl groups is 2. The third-order valence-corrected chi connectivity index (χ3v) is 11.9. The van der Waals surface area contributed by atoms with Gasteiger partial charge in [0.15, 0.2) is 11.4 Å². The Morgan fingerprint density at radius 3 is 2.40 bits per heavy atom. The molecule has 12 unspecified atom stereocenters. The van der Waals surface area contributed by atoms with E-state index in [0.29, 0.717) is 12.0 Å². The molecule has 11 heteroatoms. The molecule has 2 aliphatic carbocycles. The second-order valence-electron chi connectivity index (χ2n) is 14.5. The van der Waals surface area contributed by atoms with Gasteiger partial charge in [0.05, 0.1) is 12.0 Å². The summed E-state index contributed by atoms with van der Waals surface area (Å²) in [6.45, 7) is 8.26. The number of hydrogen-bond donors (Lipinski definition) is 2. The van der Waals surface area contributed by atoms with E-state index in [1.165, 1.54) is 13.8 Å². The number of carbonyl (C=O) groups is 4. The summed E-state index contributed by atoms with van der Waals surface area (Å²) >= 11 is 0. The fourth-order valence-electron chi connectivity index (χ4n) is 10.2. The van der Waals surface area contributed by atoms with E-state index < -0.39 is 86.9 Å². The van der Waals surface area contributed by atoms with Crippen molar-refractivity contribution in [3.05, 3.63) is 11.6 Å². The second-order valence-corrected chi connectivity index (χ2v) is 14.5. The Morgan fingerprint density at radius 1 is 0.950 bits per heavy atom. The van der Waals surface area contributed by atoms with Crippen LogP contribution in [0.5, 0.6) is 0 Å². The smallest absolute Gasteiger partial charge is 0.341 e. The van der Waals surface area contributed by atoms with Crippen molar-refractivity contribution >= 4 is 23.5 Å². The standard InChI is InChI=1S/C29H34O11/c1-23(2)13-7-6-12-19(31)29-18-16(17-20(39-29)26(5,35)22(33)36-17)25(4,34)21(32)24(18,3)8-9-27(12,40-29)11-28(13)14(37-23)10-15(30)38-28/h6,13-14,16-18,20,34-35H,7-11H2,1-5H3. The highest BCUT2D eigenvalue weighted by Crippen LogP contribution is 2.71. The number of ether oxygens (including phenoxy) is 5. The van der Waals surface area contributed by atoms with Crippen LogP contribution in [0.1, 0.15) is 66.7 Å². The third-order valence-electron chi connectivity index (χ3n) is 11.9. The fourth-order valence-corrected chi connectivity index (χ4v) is 10.2. The molecular formula is C29H34O11. The van der Waals surface area contributed by atoms with Gasteiger partial charge in [0.2, 0.25) is 11.6 Å². The lowest BCUT2D eigenvalue weighted by Gasteiger charge is -2.50. The maximum atomic E-state index is 14.7. The summed E-state index contributed by atoms with van der Waals surface area (Å²) < 4.78 is 31.4. The molecule has 1 saturated carbocycles. The normalized spacial score (nSPS) is 58.6. The Hall–Kier alpha value is -2.18. The van der Waals surface area contributed by atoms with E-state index in [2.05, 4.69) is 0 Å². The molecule has 0 aromatic rings. The van der Waals surface area contributed by atoms with Crippen LogP contribution in [0.25, 0.3) is 0 Å². The van der Waals surface area contributed by atoms with Crippen LogP contribution in [0.4, 0.5) is 0 Å². The van der Waals surface area contributed by atoms with Gasteiger partial charge in [-0.3, -0.25) is 14.4 Å². The van der Waals surface area contributed by atoms with E-state index >= 15 is 0 Å². The van der Waals surface area contributed by atoms with Crippen LogP contribution in [-0.4, -0.2) is 85.8 Å². The molecule has 7 fully saturated rings. The molecule has 2 bridgehead atoms. The van der Waals surface area contributed by atoms with Crippen LogP contribution in [0.3, 0.4) is 0 Å². The number of Topliss-reactive ketones (excluding diaryl/α,β-unsaturated/α-hetero) is 2. The van der Waals surface area contributed by atoms with Crippen molar-refractivity contribution in [3.63, 3.8) is 0 Å². The molecule has 8 rings (SSSR count). The van der Waals surface area contributed by atoms with Crippen LogP contribution in [-0.2, 0) is 42.9 Å². The summed E-state index contributed by atoms with van der Waals surface area (Å²) in [5, 5.41) is 22.8. The van der Waals surface area contributed by atoms with Gasteiger partial charge in [-0.2, -0.15) is 0 Å². The van der Waals surface area contributed by atoms with Crippen LogP contribution < -0.4 is 0 Å². The van der Waals surface area contributed by atoms with Crippen LogP contribution in [0.2, 0.25) is 0 Å². The number of fused-ring (bicyclic) bond motifs is 2. The molecule has 0 radical (unpaired) electrons. The average molecular weight is 559 g/mol. The van der Waals surface area contributed by atoms with Gasteiger partial charge < -0.3 is 33.9 Å². The van der Waals surface area contributed by atoms with E-state index in [1.54, 1.807) is 6.92 Å². The van der Waals surface area contributed by atoms with Crippen molar-refractivity contribution in [2.45, 2.75) is 119 Å². The molecule has 2 N–H and O–H groups in total. The summed E-state index contributed by atoms with van der Waals surface area (Å²) in [5.74, 6) is -6.62. The van der Waals surface area contributed by atoms with Gasteiger partial charge in [-0.05, 0) is 47.0 Å². The first kappa shape index (κ1) is 25.5. The van der Waals surface area contributed by atoms with Gasteiger partial charge in [0.1, 0.15) is 35.1 Å². The van der Waals surface area contributed by atoms with E-state index in [0.717, 1.165) is 0 Å². The van der Waals surface area contributed by atoms with Crippen molar-refractivity contribution in [1.82, 2.24) is 0 Å². The quantitative estimate of drug-likeness (QED) is 0.403. The second kappa shape index (κ2) is 6.72. The topological polar surface area (TPSA) is 155 Å². The zero-order chi connectivity index (χ0) is 28.6. The summed E-state index contributed by atoms with van der Waals surface area (Å²) in [4.78, 5) is 54.2. The van der Waals surface area contributed by atoms with Crippen molar-refractivity contribution in [1.29, 1.82) is 0 Å². The van der Waals surface area contributed by atoms with E-state index in [9.17, 15) is 29.4 Å². The van der Waals surface area contributed by atoms with Gasteiger partial charge in [0.25, 0.3) is 0 Å². The summed E-state index contributed by atoms with van der Waals surface area (Å²) in [6.07, 6.45) is -0.0748. The predicted molar refractivity (Wildman–Crippen MR) is 130 cm³/mol. The minimum atomic E-state index is -2.14. The van der Waals surface area contributed by atoms with Gasteiger partial charge in [-0.25, -0.2) is 4.79 Å². The first-order chi connectivity index (χ1) is 18.5. The molecule has 6 heterocycles. The number of allylic oxidation sites excluding steroid dienone is 1. The van der Waals surface area contributed by atoms with Gasteiger partial charge in [-0.15, -0.1) is 0 Å². The van der Waals surface area contributed by atoms with Gasteiger partial charge in [-0.1, -0.05) is 13.0 Å². The SMILES string of the molecule is CC1(C)OC2CC(=O)OC23CC24CCC5(C)C(=O)C(C)(O)C6C7OC(=O)C(C)(O)C7OC(O2)(C(=O)C4=CCC13)C65. The number of rotatable bonds is 0. The Kier molecular flexibility index (Phi) is 4.29. The highest BCUT2D eigenvalue weighted by Gasteiger charge is 2.85. The Bertz CT molecular complexity index is 1360. The molecule has 0 aromatic heterocycles. The average Bonchev–Trinajstić information content (AvgIpc) is 3.39. The largest absolute Gasteiger partial charge is 0.457 e. The lowest BCUT2D eigenvalue weighted by molar-refractivity contribution is -0.342.